The number of nitrogens with zero attached hydrogens (tertiary/aromatic N) is 1. The fourth-order valence-electron chi connectivity index (χ4n) is 1.80. The number of aliphatic hydroxyl groups excluding tert-OH is 1. The largest absolute Gasteiger partial charge is 0.494 e. The molecule has 1 aromatic carbocycles. The maximum atomic E-state index is 13.9. The van der Waals surface area contributed by atoms with Crippen LogP contribution < -0.4 is 4.74 Å². The molecule has 1 N–H and O–H groups in total. The lowest BCUT2D eigenvalue weighted by Gasteiger charge is -2.20. The summed E-state index contributed by atoms with van der Waals surface area (Å²) in [5, 5.41) is 9.58. The van der Waals surface area contributed by atoms with Gasteiger partial charge in [0.2, 0.25) is 0 Å². The summed E-state index contributed by atoms with van der Waals surface area (Å²) in [5.74, 6) is -0.119. The van der Waals surface area contributed by atoms with Gasteiger partial charge in [-0.3, -0.25) is 4.90 Å². The lowest BCUT2D eigenvalue weighted by Crippen LogP contribution is -2.31. The van der Waals surface area contributed by atoms with Crippen molar-refractivity contribution in [2.24, 2.45) is 0 Å². The Morgan fingerprint density at radius 2 is 2.11 bits per heavy atom. The SMILES string of the molecule is COCC(O)CN(C)Cc1cccc(OC)c1F. The van der Waals surface area contributed by atoms with Crippen LogP contribution in [0.3, 0.4) is 0 Å². The van der Waals surface area contributed by atoms with E-state index in [2.05, 4.69) is 0 Å². The van der Waals surface area contributed by atoms with E-state index < -0.39 is 6.10 Å². The third-order valence-electron chi connectivity index (χ3n) is 2.58. The number of likely N-dealkylation sites (N-methyl/N-ethyl adjacent to an activating group) is 1. The van der Waals surface area contributed by atoms with Crippen LogP contribution in [0.5, 0.6) is 5.75 Å². The van der Waals surface area contributed by atoms with Crippen LogP contribution >= 0.6 is 0 Å². The first-order valence-electron chi connectivity index (χ1n) is 5.75. The van der Waals surface area contributed by atoms with E-state index in [-0.39, 0.29) is 18.2 Å². The summed E-state index contributed by atoms with van der Waals surface area (Å²) in [6, 6.07) is 5.03. The molecule has 1 rings (SSSR count). The molecule has 1 aromatic rings. The highest BCUT2D eigenvalue weighted by atomic mass is 19.1. The molecule has 0 saturated heterocycles. The number of ether oxygens (including phenoxy) is 2. The molecule has 0 aliphatic heterocycles. The van der Waals surface area contributed by atoms with Crippen LogP contribution in [0.1, 0.15) is 5.56 Å². The maximum Gasteiger partial charge on any atom is 0.169 e. The highest BCUT2D eigenvalue weighted by Gasteiger charge is 2.12. The van der Waals surface area contributed by atoms with Gasteiger partial charge in [-0.1, -0.05) is 12.1 Å². The summed E-state index contributed by atoms with van der Waals surface area (Å²) < 4.78 is 23.6. The Labute approximate surface area is 107 Å². The van der Waals surface area contributed by atoms with Gasteiger partial charge >= 0.3 is 0 Å². The number of rotatable bonds is 7. The first kappa shape index (κ1) is 14.9. The zero-order valence-corrected chi connectivity index (χ0v) is 11.0. The van der Waals surface area contributed by atoms with E-state index in [1.165, 1.54) is 14.2 Å². The van der Waals surface area contributed by atoms with E-state index in [1.54, 1.807) is 18.2 Å². The van der Waals surface area contributed by atoms with Crippen molar-refractivity contribution >= 4 is 0 Å². The van der Waals surface area contributed by atoms with Crippen molar-refractivity contribution in [1.29, 1.82) is 0 Å². The summed E-state index contributed by atoms with van der Waals surface area (Å²) in [7, 11) is 4.79. The molecule has 0 bridgehead atoms. The fraction of sp³-hybridized carbons (Fsp3) is 0.538. The zero-order chi connectivity index (χ0) is 13.5. The second-order valence-electron chi connectivity index (χ2n) is 4.24. The molecule has 5 heteroatoms. The van der Waals surface area contributed by atoms with Gasteiger partial charge in [0.1, 0.15) is 0 Å². The lowest BCUT2D eigenvalue weighted by molar-refractivity contribution is 0.0417. The van der Waals surface area contributed by atoms with Crippen molar-refractivity contribution in [3.8, 4) is 5.75 Å². The predicted molar refractivity (Wildman–Crippen MR) is 67.2 cm³/mol. The lowest BCUT2D eigenvalue weighted by atomic mass is 10.2. The van der Waals surface area contributed by atoms with Crippen molar-refractivity contribution in [3.05, 3.63) is 29.6 Å². The molecule has 0 amide bonds. The minimum Gasteiger partial charge on any atom is -0.494 e. The molecule has 0 radical (unpaired) electrons. The maximum absolute atomic E-state index is 13.9. The predicted octanol–water partition coefficient (Wildman–Crippen LogP) is 1.27. The van der Waals surface area contributed by atoms with E-state index in [0.717, 1.165) is 0 Å². The molecule has 0 aliphatic carbocycles. The van der Waals surface area contributed by atoms with Crippen LogP contribution in [0.4, 0.5) is 4.39 Å². The first-order valence-corrected chi connectivity index (χ1v) is 5.75. The second-order valence-corrected chi connectivity index (χ2v) is 4.24. The van der Waals surface area contributed by atoms with Gasteiger partial charge < -0.3 is 14.6 Å². The molecule has 1 atom stereocenters. The molecule has 0 aromatic heterocycles. The third kappa shape index (κ3) is 4.25. The van der Waals surface area contributed by atoms with Crippen molar-refractivity contribution in [2.75, 3.05) is 34.4 Å². The van der Waals surface area contributed by atoms with Gasteiger partial charge in [-0.2, -0.15) is 0 Å². The van der Waals surface area contributed by atoms with Gasteiger partial charge in [0.05, 0.1) is 19.8 Å². The van der Waals surface area contributed by atoms with E-state index in [4.69, 9.17) is 9.47 Å². The van der Waals surface area contributed by atoms with E-state index in [1.807, 2.05) is 11.9 Å². The minimum atomic E-state index is -0.575. The van der Waals surface area contributed by atoms with Gasteiger partial charge in [-0.15, -0.1) is 0 Å². The van der Waals surface area contributed by atoms with Crippen LogP contribution in [0.15, 0.2) is 18.2 Å². The average molecular weight is 257 g/mol. The number of hydrogen-bond donors (Lipinski definition) is 1. The van der Waals surface area contributed by atoms with Gasteiger partial charge in [0.25, 0.3) is 0 Å². The first-order chi connectivity index (χ1) is 8.58. The number of benzene rings is 1. The Morgan fingerprint density at radius 1 is 1.39 bits per heavy atom. The molecular weight excluding hydrogens is 237 g/mol. The van der Waals surface area contributed by atoms with E-state index >= 15 is 0 Å². The van der Waals surface area contributed by atoms with Gasteiger partial charge in [0.15, 0.2) is 11.6 Å². The van der Waals surface area contributed by atoms with Crippen molar-refractivity contribution in [2.45, 2.75) is 12.6 Å². The zero-order valence-electron chi connectivity index (χ0n) is 11.0. The van der Waals surface area contributed by atoms with Gasteiger partial charge in [0, 0.05) is 25.8 Å². The van der Waals surface area contributed by atoms with Crippen molar-refractivity contribution in [1.82, 2.24) is 4.90 Å². The quantitative estimate of drug-likeness (QED) is 0.799. The van der Waals surface area contributed by atoms with Crippen LogP contribution in [-0.4, -0.2) is 50.5 Å². The number of aliphatic hydroxyl groups is 1. The topological polar surface area (TPSA) is 41.9 Å². The monoisotopic (exact) mass is 257 g/mol. The summed E-state index contributed by atoms with van der Waals surface area (Å²) in [5.41, 5.74) is 0.543. The molecule has 1 unspecified atom stereocenters. The Morgan fingerprint density at radius 3 is 2.72 bits per heavy atom. The average Bonchev–Trinajstić information content (AvgIpc) is 2.32. The molecule has 102 valence electrons. The Kier molecular flexibility index (Phi) is 6.04. The van der Waals surface area contributed by atoms with E-state index in [9.17, 15) is 9.50 Å². The number of halogens is 1. The molecule has 18 heavy (non-hydrogen) atoms. The summed E-state index contributed by atoms with van der Waals surface area (Å²) >= 11 is 0. The molecule has 0 fully saturated rings. The second kappa shape index (κ2) is 7.31. The third-order valence-corrected chi connectivity index (χ3v) is 2.58. The molecule has 0 saturated carbocycles. The van der Waals surface area contributed by atoms with Crippen LogP contribution in [-0.2, 0) is 11.3 Å². The molecule has 0 heterocycles. The van der Waals surface area contributed by atoms with Crippen LogP contribution in [0.25, 0.3) is 0 Å². The van der Waals surface area contributed by atoms with Crippen LogP contribution in [0.2, 0.25) is 0 Å². The van der Waals surface area contributed by atoms with Gasteiger partial charge in [-0.05, 0) is 13.1 Å². The Balaban J connectivity index is 2.61. The number of methoxy groups -OCH3 is 2. The summed E-state index contributed by atoms with van der Waals surface area (Å²) in [6.07, 6.45) is -0.575. The standard InChI is InChI=1S/C13H20FNO3/c1-15(8-11(16)9-17-2)7-10-5-4-6-12(18-3)13(10)14/h4-6,11,16H,7-9H2,1-3H3. The molecule has 0 aliphatic rings. The fourth-order valence-corrected chi connectivity index (χ4v) is 1.80. The molecule has 4 nitrogen and oxygen atoms in total. The van der Waals surface area contributed by atoms with E-state index in [0.29, 0.717) is 18.7 Å². The number of hydrogen-bond acceptors (Lipinski definition) is 4. The summed E-state index contributed by atoms with van der Waals surface area (Å²) in [4.78, 5) is 1.83. The highest BCUT2D eigenvalue weighted by molar-refractivity contribution is 5.30. The van der Waals surface area contributed by atoms with Crippen molar-refractivity contribution in [3.63, 3.8) is 0 Å². The van der Waals surface area contributed by atoms with Gasteiger partial charge in [-0.25, -0.2) is 4.39 Å². The smallest absolute Gasteiger partial charge is 0.169 e. The molecule has 0 spiro atoms. The summed E-state index contributed by atoms with van der Waals surface area (Å²) in [6.45, 7) is 1.10. The Bertz CT molecular complexity index is 373. The molecular formula is C13H20FNO3. The van der Waals surface area contributed by atoms with Crippen LogP contribution in [0, 0.1) is 5.82 Å². The minimum absolute atomic E-state index is 0.235. The normalized spacial score (nSPS) is 12.8. The highest BCUT2D eigenvalue weighted by Crippen LogP contribution is 2.20. The van der Waals surface area contributed by atoms with Crippen molar-refractivity contribution < 1.29 is 19.0 Å². The Hall–Kier alpha value is -1.17.